The van der Waals surface area contributed by atoms with Crippen molar-refractivity contribution < 1.29 is 18.9 Å². The van der Waals surface area contributed by atoms with Crippen molar-refractivity contribution in [1.29, 1.82) is 0 Å². The number of alkyl halides is 2. The summed E-state index contributed by atoms with van der Waals surface area (Å²) in [6, 6.07) is 0. The molecule has 4 rings (SSSR count). The Morgan fingerprint density at radius 3 is 1.33 bits per heavy atom. The van der Waals surface area contributed by atoms with Crippen molar-refractivity contribution in [1.82, 2.24) is 0 Å². The summed E-state index contributed by atoms with van der Waals surface area (Å²) in [4.78, 5) is 0.458. The fourth-order valence-electron chi connectivity index (χ4n) is 4.13. The van der Waals surface area contributed by atoms with Gasteiger partial charge in [0.25, 0.3) is 0 Å². The van der Waals surface area contributed by atoms with Gasteiger partial charge < -0.3 is 18.9 Å². The van der Waals surface area contributed by atoms with Gasteiger partial charge in [0.15, 0.2) is 11.6 Å². The van der Waals surface area contributed by atoms with Crippen LogP contribution in [0.3, 0.4) is 0 Å². The summed E-state index contributed by atoms with van der Waals surface area (Å²) in [5, 5.41) is 0. The van der Waals surface area contributed by atoms with Gasteiger partial charge >= 0.3 is 0 Å². The summed E-state index contributed by atoms with van der Waals surface area (Å²) in [7, 11) is 0. The van der Waals surface area contributed by atoms with Gasteiger partial charge in [0.2, 0.25) is 0 Å². The minimum Gasteiger partial charge on any atom is -0.346 e. The first-order valence-electron chi connectivity index (χ1n) is 6.53. The lowest BCUT2D eigenvalue weighted by Crippen LogP contribution is -2.43. The monoisotopic (exact) mass is 382 g/mol. The molecule has 2 spiro atoms. The number of hydrogen-bond donors (Lipinski definition) is 0. The average Bonchev–Trinajstić information content (AvgIpc) is 3.07. The van der Waals surface area contributed by atoms with E-state index in [9.17, 15) is 0 Å². The third kappa shape index (κ3) is 1.40. The largest absolute Gasteiger partial charge is 0.346 e. The van der Waals surface area contributed by atoms with Crippen LogP contribution in [0.1, 0.15) is 12.8 Å². The van der Waals surface area contributed by atoms with Gasteiger partial charge in [-0.1, -0.05) is 31.9 Å². The standard InChI is InChI=1S/C12H16Br2O4/c13-9-6-8-7(11(9)15-1-2-16-11)5-10(14)12(8)17-3-4-18-12/h7-10H,1-6H2/t7-,8-,9+,10+/m0/s1. The van der Waals surface area contributed by atoms with Crippen LogP contribution < -0.4 is 0 Å². The molecule has 6 heteroatoms. The molecule has 0 amide bonds. The second-order valence-electron chi connectivity index (χ2n) is 5.46. The van der Waals surface area contributed by atoms with E-state index in [1.165, 1.54) is 0 Å². The maximum atomic E-state index is 5.98. The first kappa shape index (κ1) is 12.5. The summed E-state index contributed by atoms with van der Waals surface area (Å²) < 4.78 is 23.9. The molecular weight excluding hydrogens is 368 g/mol. The van der Waals surface area contributed by atoms with E-state index in [2.05, 4.69) is 31.9 Å². The van der Waals surface area contributed by atoms with E-state index in [1.54, 1.807) is 0 Å². The molecule has 4 nitrogen and oxygen atoms in total. The highest BCUT2D eigenvalue weighted by Gasteiger charge is 2.70. The minimum absolute atomic E-state index is 0.229. The molecule has 0 aromatic heterocycles. The highest BCUT2D eigenvalue weighted by atomic mass is 79.9. The van der Waals surface area contributed by atoms with Gasteiger partial charge in [-0.05, 0) is 12.8 Å². The molecule has 4 atom stereocenters. The Morgan fingerprint density at radius 2 is 1.00 bits per heavy atom. The number of ether oxygens (including phenoxy) is 4. The summed E-state index contributed by atoms with van der Waals surface area (Å²) in [5.41, 5.74) is 0. The van der Waals surface area contributed by atoms with Crippen LogP contribution >= 0.6 is 31.9 Å². The lowest BCUT2D eigenvalue weighted by atomic mass is 9.94. The molecule has 18 heavy (non-hydrogen) atoms. The van der Waals surface area contributed by atoms with Crippen molar-refractivity contribution >= 4 is 31.9 Å². The molecule has 0 aromatic carbocycles. The van der Waals surface area contributed by atoms with Gasteiger partial charge in [-0.25, -0.2) is 0 Å². The van der Waals surface area contributed by atoms with Crippen LogP contribution in [0.2, 0.25) is 0 Å². The number of halogens is 2. The molecule has 0 unspecified atom stereocenters. The Balaban J connectivity index is 1.71. The van der Waals surface area contributed by atoms with Gasteiger partial charge in [-0.3, -0.25) is 0 Å². The fraction of sp³-hybridized carbons (Fsp3) is 1.00. The SMILES string of the molecule is Br[C@@H]1C[C@H]2[C@H](C[C@@H](Br)C23OCCO3)C12OCCO2. The van der Waals surface area contributed by atoms with E-state index >= 15 is 0 Å². The zero-order chi connectivity index (χ0) is 12.4. The van der Waals surface area contributed by atoms with Crippen LogP contribution in [0.25, 0.3) is 0 Å². The summed E-state index contributed by atoms with van der Waals surface area (Å²) >= 11 is 7.50. The first-order chi connectivity index (χ1) is 8.69. The van der Waals surface area contributed by atoms with E-state index < -0.39 is 11.6 Å². The Labute approximate surface area is 123 Å². The second kappa shape index (κ2) is 4.15. The van der Waals surface area contributed by atoms with Crippen molar-refractivity contribution in [3.8, 4) is 0 Å². The average molecular weight is 384 g/mol. The zero-order valence-corrected chi connectivity index (χ0v) is 13.1. The van der Waals surface area contributed by atoms with Gasteiger partial charge in [0.05, 0.1) is 36.1 Å². The van der Waals surface area contributed by atoms with Crippen LogP contribution in [0.5, 0.6) is 0 Å². The molecule has 0 aromatic rings. The molecule has 2 saturated heterocycles. The van der Waals surface area contributed by atoms with Crippen molar-refractivity contribution in [2.24, 2.45) is 11.8 Å². The van der Waals surface area contributed by atoms with Crippen molar-refractivity contribution in [2.45, 2.75) is 34.1 Å². The van der Waals surface area contributed by atoms with E-state index in [-0.39, 0.29) is 9.65 Å². The Kier molecular flexibility index (Phi) is 2.89. The smallest absolute Gasteiger partial charge is 0.184 e. The quantitative estimate of drug-likeness (QED) is 0.600. The van der Waals surface area contributed by atoms with Crippen LogP contribution in [0, 0.1) is 11.8 Å². The van der Waals surface area contributed by atoms with Gasteiger partial charge in [-0.2, -0.15) is 0 Å². The lowest BCUT2D eigenvalue weighted by molar-refractivity contribution is -0.202. The first-order valence-corrected chi connectivity index (χ1v) is 8.36. The lowest BCUT2D eigenvalue weighted by Gasteiger charge is -2.32. The molecule has 2 heterocycles. The van der Waals surface area contributed by atoms with E-state index in [4.69, 9.17) is 18.9 Å². The van der Waals surface area contributed by atoms with Crippen LogP contribution in [-0.2, 0) is 18.9 Å². The van der Waals surface area contributed by atoms with E-state index in [0.717, 1.165) is 12.8 Å². The number of hydrogen-bond acceptors (Lipinski definition) is 4. The van der Waals surface area contributed by atoms with Crippen LogP contribution in [-0.4, -0.2) is 47.7 Å². The molecular formula is C12H16Br2O4. The Morgan fingerprint density at radius 1 is 0.667 bits per heavy atom. The van der Waals surface area contributed by atoms with Gasteiger partial charge in [-0.15, -0.1) is 0 Å². The summed E-state index contributed by atoms with van der Waals surface area (Å²) in [6.07, 6.45) is 1.96. The van der Waals surface area contributed by atoms with Gasteiger partial charge in [0.1, 0.15) is 0 Å². The molecule has 0 bridgehead atoms. The molecule has 2 aliphatic carbocycles. The van der Waals surface area contributed by atoms with Crippen molar-refractivity contribution in [2.75, 3.05) is 26.4 Å². The second-order valence-corrected chi connectivity index (χ2v) is 7.67. The van der Waals surface area contributed by atoms with Gasteiger partial charge in [0, 0.05) is 11.8 Å². The predicted molar refractivity (Wildman–Crippen MR) is 70.9 cm³/mol. The predicted octanol–water partition coefficient (Wildman–Crippen LogP) is 2.04. The molecule has 4 fully saturated rings. The maximum absolute atomic E-state index is 5.98. The zero-order valence-electron chi connectivity index (χ0n) is 9.94. The summed E-state index contributed by atoms with van der Waals surface area (Å²) in [5.74, 6) is -0.246. The van der Waals surface area contributed by atoms with Crippen LogP contribution in [0.4, 0.5) is 0 Å². The van der Waals surface area contributed by atoms with E-state index in [1.807, 2.05) is 0 Å². The van der Waals surface area contributed by atoms with Crippen molar-refractivity contribution in [3.63, 3.8) is 0 Å². The molecule has 2 aliphatic heterocycles. The van der Waals surface area contributed by atoms with Crippen LogP contribution in [0.15, 0.2) is 0 Å². The third-order valence-corrected chi connectivity index (χ3v) is 6.82. The molecule has 4 aliphatic rings. The molecule has 2 saturated carbocycles. The normalized spacial score (nSPS) is 48.3. The molecule has 0 radical (unpaired) electrons. The molecule has 102 valence electrons. The number of fused-ring (bicyclic) bond motifs is 3. The Bertz CT molecular complexity index is 318. The molecule has 0 N–H and O–H groups in total. The number of rotatable bonds is 0. The summed E-state index contributed by atoms with van der Waals surface area (Å²) in [6.45, 7) is 2.75. The Hall–Kier alpha value is 0.800. The third-order valence-electron chi connectivity index (χ3n) is 4.79. The highest BCUT2D eigenvalue weighted by molar-refractivity contribution is 9.09. The topological polar surface area (TPSA) is 36.9 Å². The van der Waals surface area contributed by atoms with E-state index in [0.29, 0.717) is 38.3 Å². The minimum atomic E-state index is -0.463. The highest BCUT2D eigenvalue weighted by Crippen LogP contribution is 2.62. The van der Waals surface area contributed by atoms with Crippen molar-refractivity contribution in [3.05, 3.63) is 0 Å². The fourth-order valence-corrected chi connectivity index (χ4v) is 6.15. The maximum Gasteiger partial charge on any atom is 0.184 e.